The van der Waals surface area contributed by atoms with Gasteiger partial charge in [-0.25, -0.2) is 4.39 Å². The van der Waals surface area contributed by atoms with E-state index in [0.717, 1.165) is 28.5 Å². The molecule has 3 N–H and O–H groups in total. The number of aliphatic imine (C=N–C) groups is 1. The van der Waals surface area contributed by atoms with Gasteiger partial charge in [0.15, 0.2) is 5.96 Å². The number of aromatic nitrogens is 1. The van der Waals surface area contributed by atoms with E-state index in [-0.39, 0.29) is 11.7 Å². The van der Waals surface area contributed by atoms with Crippen LogP contribution in [0.4, 0.5) is 4.39 Å². The number of guanidine groups is 1. The molecule has 0 radical (unpaired) electrons. The van der Waals surface area contributed by atoms with Gasteiger partial charge in [0, 0.05) is 56.9 Å². The molecule has 3 rings (SSSR count). The highest BCUT2D eigenvalue weighted by atomic mass is 19.1. The second-order valence-electron chi connectivity index (χ2n) is 7.00. The molecule has 0 saturated heterocycles. The second kappa shape index (κ2) is 9.23. The number of hydrogen-bond donors (Lipinski definition) is 3. The number of nitrogens with zero attached hydrogens (tertiary/aromatic N) is 2. The van der Waals surface area contributed by atoms with Gasteiger partial charge in [0.25, 0.3) is 5.91 Å². The Morgan fingerprint density at radius 3 is 2.59 bits per heavy atom. The van der Waals surface area contributed by atoms with Gasteiger partial charge in [0.1, 0.15) is 5.82 Å². The lowest BCUT2D eigenvalue weighted by Crippen LogP contribution is -2.37. The van der Waals surface area contributed by atoms with Crippen LogP contribution in [0, 0.1) is 5.82 Å². The molecular formula is C22H26FN5O. The molecule has 0 fully saturated rings. The van der Waals surface area contributed by atoms with Crippen LogP contribution in [0.5, 0.6) is 0 Å². The first kappa shape index (κ1) is 20.4. The lowest BCUT2D eigenvalue weighted by Gasteiger charge is -2.13. The molecule has 0 aliphatic heterocycles. The number of carbonyl (C=O) groups excluding carboxylic acids is 1. The third-order valence-corrected chi connectivity index (χ3v) is 4.71. The van der Waals surface area contributed by atoms with E-state index < -0.39 is 0 Å². The molecule has 0 bridgehead atoms. The van der Waals surface area contributed by atoms with Crippen molar-refractivity contribution >= 4 is 22.8 Å². The van der Waals surface area contributed by atoms with Crippen molar-refractivity contribution in [2.24, 2.45) is 4.99 Å². The van der Waals surface area contributed by atoms with Gasteiger partial charge in [-0.3, -0.25) is 9.79 Å². The summed E-state index contributed by atoms with van der Waals surface area (Å²) < 4.78 is 13.3. The summed E-state index contributed by atoms with van der Waals surface area (Å²) >= 11 is 0. The van der Waals surface area contributed by atoms with Crippen molar-refractivity contribution < 1.29 is 9.18 Å². The summed E-state index contributed by atoms with van der Waals surface area (Å²) in [5.41, 5.74) is 3.66. The topological polar surface area (TPSA) is 72.5 Å². The highest BCUT2D eigenvalue weighted by molar-refractivity contribution is 5.93. The normalized spacial score (nSPS) is 11.5. The molecule has 152 valence electrons. The average Bonchev–Trinajstić information content (AvgIpc) is 3.12. The van der Waals surface area contributed by atoms with Gasteiger partial charge in [-0.05, 0) is 47.9 Å². The van der Waals surface area contributed by atoms with E-state index in [0.29, 0.717) is 24.6 Å². The molecule has 7 heteroatoms. The molecular weight excluding hydrogens is 369 g/mol. The zero-order valence-corrected chi connectivity index (χ0v) is 16.9. The van der Waals surface area contributed by atoms with Crippen molar-refractivity contribution in [2.75, 3.05) is 27.7 Å². The maximum atomic E-state index is 13.3. The quantitative estimate of drug-likeness (QED) is 0.444. The smallest absolute Gasteiger partial charge is 0.253 e. The van der Waals surface area contributed by atoms with Crippen LogP contribution in [0.1, 0.15) is 21.5 Å². The highest BCUT2D eigenvalue weighted by Gasteiger charge is 2.08. The van der Waals surface area contributed by atoms with Gasteiger partial charge in [-0.2, -0.15) is 0 Å². The summed E-state index contributed by atoms with van der Waals surface area (Å²) in [6, 6.07) is 12.3. The first-order valence-electron chi connectivity index (χ1n) is 9.48. The Morgan fingerprint density at radius 2 is 1.90 bits per heavy atom. The molecule has 0 aliphatic carbocycles. The van der Waals surface area contributed by atoms with Crippen LogP contribution in [0.15, 0.2) is 53.7 Å². The number of amides is 1. The number of carbonyl (C=O) groups is 1. The summed E-state index contributed by atoms with van der Waals surface area (Å²) in [7, 11) is 5.20. The predicted octanol–water partition coefficient (Wildman–Crippen LogP) is 2.92. The number of H-pyrrole nitrogens is 1. The van der Waals surface area contributed by atoms with Gasteiger partial charge < -0.3 is 20.5 Å². The van der Waals surface area contributed by atoms with E-state index in [4.69, 9.17) is 0 Å². The Kier molecular flexibility index (Phi) is 6.49. The first-order valence-corrected chi connectivity index (χ1v) is 9.48. The van der Waals surface area contributed by atoms with Crippen molar-refractivity contribution in [3.63, 3.8) is 0 Å². The molecule has 0 unspecified atom stereocenters. The van der Waals surface area contributed by atoms with Crippen LogP contribution in [-0.2, 0) is 13.0 Å². The van der Waals surface area contributed by atoms with Crippen LogP contribution in [-0.4, -0.2) is 49.4 Å². The van der Waals surface area contributed by atoms with E-state index in [1.54, 1.807) is 32.1 Å². The molecule has 3 aromatic rings. The van der Waals surface area contributed by atoms with Crippen LogP contribution < -0.4 is 10.6 Å². The number of halogens is 1. The molecule has 0 aliphatic rings. The van der Waals surface area contributed by atoms with Gasteiger partial charge in [0.2, 0.25) is 0 Å². The minimum Gasteiger partial charge on any atom is -0.361 e. The van der Waals surface area contributed by atoms with Crippen LogP contribution >= 0.6 is 0 Å². The fourth-order valence-corrected chi connectivity index (χ4v) is 3.11. The minimum absolute atomic E-state index is 0.0120. The van der Waals surface area contributed by atoms with Crippen molar-refractivity contribution in [1.29, 1.82) is 0 Å². The number of fused-ring (bicyclic) bond motifs is 1. The zero-order chi connectivity index (χ0) is 20.8. The third kappa shape index (κ3) is 5.13. The minimum atomic E-state index is -0.243. The monoisotopic (exact) mass is 395 g/mol. The zero-order valence-electron chi connectivity index (χ0n) is 16.9. The van der Waals surface area contributed by atoms with Crippen molar-refractivity contribution in [1.82, 2.24) is 20.5 Å². The van der Waals surface area contributed by atoms with Gasteiger partial charge in [0.05, 0.1) is 0 Å². The van der Waals surface area contributed by atoms with Crippen LogP contribution in [0.2, 0.25) is 0 Å². The fourth-order valence-electron chi connectivity index (χ4n) is 3.11. The lowest BCUT2D eigenvalue weighted by atomic mass is 10.1. The van der Waals surface area contributed by atoms with Crippen LogP contribution in [0.25, 0.3) is 10.9 Å². The Morgan fingerprint density at radius 1 is 1.14 bits per heavy atom. The number of benzene rings is 2. The summed E-state index contributed by atoms with van der Waals surface area (Å²) in [4.78, 5) is 20.8. The third-order valence-electron chi connectivity index (χ3n) is 4.71. The molecule has 1 heterocycles. The largest absolute Gasteiger partial charge is 0.361 e. The van der Waals surface area contributed by atoms with E-state index >= 15 is 0 Å². The molecule has 29 heavy (non-hydrogen) atoms. The predicted molar refractivity (Wildman–Crippen MR) is 115 cm³/mol. The number of nitrogens with one attached hydrogen (secondary N) is 3. The van der Waals surface area contributed by atoms with Crippen molar-refractivity contribution in [3.05, 3.63) is 71.2 Å². The van der Waals surface area contributed by atoms with E-state index in [2.05, 4.69) is 20.6 Å². The standard InChI is InChI=1S/C22H26FN5O/c1-24-22(27-13-15-4-6-16(7-5-15)21(29)28(2)3)25-11-10-17-14-26-20-12-18(23)8-9-19(17)20/h4-9,12,14,26H,10-11,13H2,1-3H3,(H2,24,25,27). The maximum Gasteiger partial charge on any atom is 0.253 e. The SMILES string of the molecule is CN=C(NCCc1c[nH]c2cc(F)ccc12)NCc1ccc(C(=O)N(C)C)cc1. The van der Waals surface area contributed by atoms with Crippen molar-refractivity contribution in [2.45, 2.75) is 13.0 Å². The number of aromatic amines is 1. The lowest BCUT2D eigenvalue weighted by molar-refractivity contribution is 0.0827. The summed E-state index contributed by atoms with van der Waals surface area (Å²) in [5.74, 6) is 0.444. The Bertz CT molecular complexity index is 1010. The van der Waals surface area contributed by atoms with Gasteiger partial charge in [-0.1, -0.05) is 12.1 Å². The number of rotatable bonds is 6. The Hall–Kier alpha value is -3.35. The molecule has 2 aromatic carbocycles. The van der Waals surface area contributed by atoms with Gasteiger partial charge in [-0.15, -0.1) is 0 Å². The fraction of sp³-hybridized carbons (Fsp3) is 0.273. The van der Waals surface area contributed by atoms with E-state index in [1.165, 1.54) is 12.1 Å². The molecule has 6 nitrogen and oxygen atoms in total. The second-order valence-corrected chi connectivity index (χ2v) is 7.00. The summed E-state index contributed by atoms with van der Waals surface area (Å²) in [6.07, 6.45) is 2.70. The summed E-state index contributed by atoms with van der Waals surface area (Å²) in [5, 5.41) is 7.59. The first-order chi connectivity index (χ1) is 14.0. The molecule has 1 aromatic heterocycles. The average molecular weight is 395 g/mol. The van der Waals surface area contributed by atoms with Gasteiger partial charge >= 0.3 is 0 Å². The van der Waals surface area contributed by atoms with Crippen LogP contribution in [0.3, 0.4) is 0 Å². The van der Waals surface area contributed by atoms with Crippen molar-refractivity contribution in [3.8, 4) is 0 Å². The Labute approximate surface area is 169 Å². The molecule has 1 amide bonds. The van der Waals surface area contributed by atoms with E-state index in [1.807, 2.05) is 30.5 Å². The Balaban J connectivity index is 1.50. The van der Waals surface area contributed by atoms with E-state index in [9.17, 15) is 9.18 Å². The summed E-state index contributed by atoms with van der Waals surface area (Å²) in [6.45, 7) is 1.29. The molecule has 0 spiro atoms. The maximum absolute atomic E-state index is 13.3. The molecule has 0 atom stereocenters. The molecule has 0 saturated carbocycles. The highest BCUT2D eigenvalue weighted by Crippen LogP contribution is 2.19. The number of hydrogen-bond acceptors (Lipinski definition) is 2.